The van der Waals surface area contributed by atoms with Crippen LogP contribution < -0.4 is 5.73 Å². The lowest BCUT2D eigenvalue weighted by molar-refractivity contribution is 0.748. The highest BCUT2D eigenvalue weighted by molar-refractivity contribution is 14.1. The van der Waals surface area contributed by atoms with E-state index in [4.69, 9.17) is 5.73 Å². The molecule has 0 atom stereocenters. The number of hydrogen-bond acceptors (Lipinski definition) is 2. The summed E-state index contributed by atoms with van der Waals surface area (Å²) in [6.45, 7) is 0.762. The number of hydrogen-bond donors (Lipinski definition) is 2. The van der Waals surface area contributed by atoms with Gasteiger partial charge in [-0.3, -0.25) is 0 Å². The first-order chi connectivity index (χ1) is 10.2. The number of thiophene rings is 1. The molecule has 0 amide bonds. The number of halogens is 2. The van der Waals surface area contributed by atoms with Crippen LogP contribution in [-0.2, 0) is 6.42 Å². The van der Waals surface area contributed by atoms with E-state index in [9.17, 15) is 0 Å². The average molecular weight is 475 g/mol. The largest absolute Gasteiger partial charge is 0.354 e. The SMILES string of the molecule is NCCCCc1c(-c2sccc2Br)[nH]c2ccc(I)cc12. The molecule has 2 aromatic heterocycles. The van der Waals surface area contributed by atoms with E-state index in [1.165, 1.54) is 30.6 Å². The number of fused-ring (bicyclic) bond motifs is 1. The standard InChI is InChI=1S/C16H16BrIN2S/c17-13-6-8-21-16(13)15-11(3-1-2-7-19)12-9-10(18)4-5-14(12)20-15/h4-6,8-9,20H,1-3,7,19H2. The van der Waals surface area contributed by atoms with Gasteiger partial charge in [-0.05, 0) is 99.5 Å². The molecule has 0 spiro atoms. The first kappa shape index (κ1) is 15.5. The number of aryl methyl sites for hydroxylation is 1. The molecule has 0 aliphatic rings. The summed E-state index contributed by atoms with van der Waals surface area (Å²) < 4.78 is 2.43. The summed E-state index contributed by atoms with van der Waals surface area (Å²) in [5, 5.41) is 3.47. The molecule has 0 aliphatic carbocycles. The molecule has 3 N–H and O–H groups in total. The van der Waals surface area contributed by atoms with Crippen LogP contribution in [0, 0.1) is 3.57 Å². The van der Waals surface area contributed by atoms with Gasteiger partial charge >= 0.3 is 0 Å². The zero-order chi connectivity index (χ0) is 14.8. The van der Waals surface area contributed by atoms with E-state index in [0.717, 1.165) is 30.3 Å². The highest BCUT2D eigenvalue weighted by Gasteiger charge is 2.16. The van der Waals surface area contributed by atoms with Crippen LogP contribution in [0.1, 0.15) is 18.4 Å². The topological polar surface area (TPSA) is 41.8 Å². The highest BCUT2D eigenvalue weighted by atomic mass is 127. The van der Waals surface area contributed by atoms with E-state index in [-0.39, 0.29) is 0 Å². The van der Waals surface area contributed by atoms with Crippen LogP contribution in [0.4, 0.5) is 0 Å². The Hall–Kier alpha value is -0.370. The minimum absolute atomic E-state index is 0.762. The van der Waals surface area contributed by atoms with Gasteiger partial charge in [0, 0.05) is 18.9 Å². The summed E-state index contributed by atoms with van der Waals surface area (Å²) in [7, 11) is 0. The molecular formula is C16H16BrIN2S. The van der Waals surface area contributed by atoms with Gasteiger partial charge in [0.25, 0.3) is 0 Å². The van der Waals surface area contributed by atoms with Crippen molar-refractivity contribution in [3.63, 3.8) is 0 Å². The molecule has 2 heterocycles. The Morgan fingerprint density at radius 3 is 2.81 bits per heavy atom. The highest BCUT2D eigenvalue weighted by Crippen LogP contribution is 2.39. The third kappa shape index (κ3) is 3.21. The fourth-order valence-electron chi connectivity index (χ4n) is 2.59. The quantitative estimate of drug-likeness (QED) is 0.369. The van der Waals surface area contributed by atoms with Crippen molar-refractivity contribution in [1.82, 2.24) is 4.98 Å². The van der Waals surface area contributed by atoms with Crippen molar-refractivity contribution in [3.05, 3.63) is 43.3 Å². The van der Waals surface area contributed by atoms with Gasteiger partial charge in [0.05, 0.1) is 10.6 Å². The minimum atomic E-state index is 0.762. The van der Waals surface area contributed by atoms with Crippen LogP contribution in [-0.4, -0.2) is 11.5 Å². The Morgan fingerprint density at radius 1 is 1.24 bits per heavy atom. The molecule has 3 rings (SSSR count). The van der Waals surface area contributed by atoms with Gasteiger partial charge in [-0.1, -0.05) is 0 Å². The lowest BCUT2D eigenvalue weighted by Crippen LogP contribution is -1.99. The maximum Gasteiger partial charge on any atom is 0.0650 e. The summed E-state index contributed by atoms with van der Waals surface area (Å²) in [6.07, 6.45) is 3.27. The van der Waals surface area contributed by atoms with Gasteiger partial charge in [-0.25, -0.2) is 0 Å². The van der Waals surface area contributed by atoms with Gasteiger partial charge in [0.1, 0.15) is 0 Å². The molecule has 0 saturated heterocycles. The van der Waals surface area contributed by atoms with E-state index >= 15 is 0 Å². The minimum Gasteiger partial charge on any atom is -0.354 e. The molecule has 110 valence electrons. The monoisotopic (exact) mass is 474 g/mol. The molecule has 0 unspecified atom stereocenters. The second kappa shape index (κ2) is 6.81. The Bertz CT molecular complexity index is 763. The van der Waals surface area contributed by atoms with Gasteiger partial charge < -0.3 is 10.7 Å². The first-order valence-corrected chi connectivity index (χ1v) is 9.69. The van der Waals surface area contributed by atoms with E-state index < -0.39 is 0 Å². The summed E-state index contributed by atoms with van der Waals surface area (Å²) in [5.41, 5.74) is 9.54. The second-order valence-electron chi connectivity index (χ2n) is 5.01. The molecule has 0 radical (unpaired) electrons. The van der Waals surface area contributed by atoms with Gasteiger partial charge in [0.2, 0.25) is 0 Å². The molecule has 0 fully saturated rings. The number of aromatic nitrogens is 1. The number of rotatable bonds is 5. The number of benzene rings is 1. The van der Waals surface area contributed by atoms with Crippen molar-refractivity contribution < 1.29 is 0 Å². The zero-order valence-corrected chi connectivity index (χ0v) is 16.0. The molecule has 21 heavy (non-hydrogen) atoms. The van der Waals surface area contributed by atoms with Crippen molar-refractivity contribution in [2.24, 2.45) is 5.73 Å². The van der Waals surface area contributed by atoms with Crippen LogP contribution >= 0.6 is 49.9 Å². The van der Waals surface area contributed by atoms with E-state index in [1.54, 1.807) is 11.3 Å². The second-order valence-corrected chi connectivity index (χ2v) is 8.03. The predicted octanol–water partition coefficient (Wildman–Crippen LogP) is 5.54. The van der Waals surface area contributed by atoms with Crippen LogP contribution in [0.2, 0.25) is 0 Å². The Labute approximate surface area is 150 Å². The zero-order valence-electron chi connectivity index (χ0n) is 11.5. The lowest BCUT2D eigenvalue weighted by atomic mass is 10.0. The molecule has 2 nitrogen and oxygen atoms in total. The number of unbranched alkanes of at least 4 members (excludes halogenated alkanes) is 1. The Morgan fingerprint density at radius 2 is 2.10 bits per heavy atom. The van der Waals surface area contributed by atoms with Crippen LogP contribution in [0.15, 0.2) is 34.1 Å². The van der Waals surface area contributed by atoms with Crippen molar-refractivity contribution >= 4 is 60.8 Å². The normalized spacial score (nSPS) is 11.4. The number of nitrogens with one attached hydrogen (secondary N) is 1. The summed E-state index contributed by atoms with van der Waals surface area (Å²) in [4.78, 5) is 4.89. The Balaban J connectivity index is 2.13. The summed E-state index contributed by atoms with van der Waals surface area (Å²) in [5.74, 6) is 0. The van der Waals surface area contributed by atoms with Crippen molar-refractivity contribution in [2.75, 3.05) is 6.54 Å². The van der Waals surface area contributed by atoms with E-state index in [0.29, 0.717) is 0 Å². The number of nitrogens with two attached hydrogens (primary N) is 1. The maximum absolute atomic E-state index is 5.65. The molecule has 5 heteroatoms. The van der Waals surface area contributed by atoms with Crippen LogP contribution in [0.5, 0.6) is 0 Å². The predicted molar refractivity (Wildman–Crippen MR) is 104 cm³/mol. The maximum atomic E-state index is 5.65. The molecule has 0 saturated carbocycles. The Kier molecular flexibility index (Phi) is 5.03. The third-order valence-electron chi connectivity index (χ3n) is 3.59. The van der Waals surface area contributed by atoms with E-state index in [1.807, 2.05) is 0 Å². The fraction of sp³-hybridized carbons (Fsp3) is 0.250. The lowest BCUT2D eigenvalue weighted by Gasteiger charge is -2.04. The first-order valence-electron chi connectivity index (χ1n) is 6.94. The smallest absolute Gasteiger partial charge is 0.0650 e. The number of aromatic amines is 1. The molecule has 1 aromatic carbocycles. The van der Waals surface area contributed by atoms with Crippen molar-refractivity contribution in [2.45, 2.75) is 19.3 Å². The summed E-state index contributed by atoms with van der Waals surface area (Å²) >= 11 is 7.81. The molecule has 3 aromatic rings. The number of H-pyrrole nitrogens is 1. The van der Waals surface area contributed by atoms with E-state index in [2.05, 4.69) is 73.2 Å². The van der Waals surface area contributed by atoms with Crippen molar-refractivity contribution in [3.8, 4) is 10.6 Å². The third-order valence-corrected chi connectivity index (χ3v) is 6.12. The van der Waals surface area contributed by atoms with Gasteiger partial charge in [-0.2, -0.15) is 0 Å². The van der Waals surface area contributed by atoms with Crippen LogP contribution in [0.25, 0.3) is 21.5 Å². The average Bonchev–Trinajstić information content (AvgIpc) is 3.03. The van der Waals surface area contributed by atoms with Gasteiger partial charge in [0.15, 0.2) is 0 Å². The molecular weight excluding hydrogens is 459 g/mol. The summed E-state index contributed by atoms with van der Waals surface area (Å²) in [6, 6.07) is 8.71. The fourth-order valence-corrected chi connectivity index (χ4v) is 4.68. The molecule has 0 aliphatic heterocycles. The van der Waals surface area contributed by atoms with Crippen molar-refractivity contribution in [1.29, 1.82) is 0 Å². The van der Waals surface area contributed by atoms with Crippen LogP contribution in [0.3, 0.4) is 0 Å². The van der Waals surface area contributed by atoms with Gasteiger partial charge in [-0.15, -0.1) is 11.3 Å². The molecule has 0 bridgehead atoms.